The third kappa shape index (κ3) is 6.51. The van der Waals surface area contributed by atoms with Crippen molar-refractivity contribution in [2.45, 2.75) is 122 Å². The zero-order valence-corrected chi connectivity index (χ0v) is 25.8. The van der Waals surface area contributed by atoms with Crippen molar-refractivity contribution in [3.63, 3.8) is 0 Å². The van der Waals surface area contributed by atoms with E-state index in [0.717, 1.165) is 16.8 Å². The Morgan fingerprint density at radius 2 is 1.50 bits per heavy atom. The van der Waals surface area contributed by atoms with Gasteiger partial charge < -0.3 is 0 Å². The summed E-state index contributed by atoms with van der Waals surface area (Å²) in [6.07, 6.45) is 13.8. The van der Waals surface area contributed by atoms with Gasteiger partial charge in [-0.25, -0.2) is 0 Å². The molecule has 1 fully saturated rings. The molecule has 0 aromatic heterocycles. The molecule has 1 aromatic rings. The number of unbranched alkanes of at least 4 members (excludes halogenated alkanes) is 3. The molecule has 3 rings (SSSR count). The van der Waals surface area contributed by atoms with Crippen LogP contribution in [0.5, 0.6) is 0 Å². The van der Waals surface area contributed by atoms with Crippen molar-refractivity contribution in [2.24, 2.45) is 11.3 Å². The number of hydrogen-bond acceptors (Lipinski definition) is 2. The first-order chi connectivity index (χ1) is 16.2. The summed E-state index contributed by atoms with van der Waals surface area (Å²) < 4.78 is 11.5. The van der Waals surface area contributed by atoms with Crippen LogP contribution in [0.2, 0.25) is 17.2 Å². The standard InChI is InChI=1S/C19H23O2.3C4H9.Sn/c1-18(2,3)21-17(20)15-9-10-16(19(13-15)11-12-19)14-7-5-4-6-8-14;3*1-3-4-2;/h4-8,10-11,15H,9,12-13H2,1-3H3;3*1,3-4H2,2H3;/t15-,19-;;;;/m1..../s1. The number of rotatable bonds is 12. The molecule has 0 saturated heterocycles. The van der Waals surface area contributed by atoms with Gasteiger partial charge in [-0.3, -0.25) is 0 Å². The average molecular weight is 573 g/mol. The van der Waals surface area contributed by atoms with Crippen molar-refractivity contribution in [3.8, 4) is 0 Å². The molecular weight excluding hydrogens is 523 g/mol. The zero-order valence-electron chi connectivity index (χ0n) is 22.9. The van der Waals surface area contributed by atoms with E-state index in [1.165, 1.54) is 50.5 Å². The van der Waals surface area contributed by atoms with E-state index in [0.29, 0.717) is 0 Å². The van der Waals surface area contributed by atoms with Gasteiger partial charge >= 0.3 is 215 Å². The van der Waals surface area contributed by atoms with E-state index >= 15 is 0 Å². The molecule has 0 N–H and O–H groups in total. The monoisotopic (exact) mass is 574 g/mol. The molecule has 34 heavy (non-hydrogen) atoms. The first kappa shape index (κ1) is 27.8. The van der Waals surface area contributed by atoms with Crippen LogP contribution in [0.15, 0.2) is 36.4 Å². The van der Waals surface area contributed by atoms with Gasteiger partial charge in [-0.1, -0.05) is 0 Å². The van der Waals surface area contributed by atoms with Crippen LogP contribution in [0.1, 0.15) is 105 Å². The van der Waals surface area contributed by atoms with E-state index in [9.17, 15) is 4.79 Å². The molecule has 0 amide bonds. The molecule has 1 aromatic carbocycles. The number of allylic oxidation sites excluding steroid dienone is 2. The third-order valence-electron chi connectivity index (χ3n) is 8.48. The molecule has 1 unspecified atom stereocenters. The van der Waals surface area contributed by atoms with Crippen molar-refractivity contribution in [2.75, 3.05) is 0 Å². The molecule has 1 saturated carbocycles. The molecule has 0 radical (unpaired) electrons. The fourth-order valence-corrected chi connectivity index (χ4v) is 27.4. The van der Waals surface area contributed by atoms with Gasteiger partial charge in [-0.2, -0.15) is 0 Å². The van der Waals surface area contributed by atoms with Crippen molar-refractivity contribution >= 4 is 29.9 Å². The molecule has 1 spiro atoms. The molecule has 0 heterocycles. The van der Waals surface area contributed by atoms with Gasteiger partial charge in [0.2, 0.25) is 0 Å². The van der Waals surface area contributed by atoms with Crippen LogP contribution in [0.25, 0.3) is 5.57 Å². The van der Waals surface area contributed by atoms with Crippen LogP contribution in [0.4, 0.5) is 0 Å². The summed E-state index contributed by atoms with van der Waals surface area (Å²) >= 11 is -2.42. The van der Waals surface area contributed by atoms with Gasteiger partial charge in [0.1, 0.15) is 0 Å². The van der Waals surface area contributed by atoms with Gasteiger partial charge in [0, 0.05) is 0 Å². The molecule has 2 aliphatic rings. The van der Waals surface area contributed by atoms with Crippen molar-refractivity contribution in [1.29, 1.82) is 0 Å². The van der Waals surface area contributed by atoms with E-state index in [1.807, 2.05) is 20.8 Å². The maximum absolute atomic E-state index is 13.2. The second kappa shape index (κ2) is 12.0. The van der Waals surface area contributed by atoms with Crippen LogP contribution in [0.3, 0.4) is 0 Å². The van der Waals surface area contributed by atoms with Gasteiger partial charge in [0.25, 0.3) is 0 Å². The summed E-state index contributed by atoms with van der Waals surface area (Å²) in [5, 5.41) is 0. The van der Waals surface area contributed by atoms with Crippen molar-refractivity contribution < 1.29 is 9.53 Å². The topological polar surface area (TPSA) is 26.3 Å². The Balaban J connectivity index is 1.98. The number of benzene rings is 1. The molecule has 0 bridgehead atoms. The van der Waals surface area contributed by atoms with Crippen LogP contribution in [-0.2, 0) is 9.53 Å². The zero-order chi connectivity index (χ0) is 24.8. The normalized spacial score (nSPS) is 24.7. The summed E-state index contributed by atoms with van der Waals surface area (Å²) in [4.78, 5) is 13.2. The predicted molar refractivity (Wildman–Crippen MR) is 149 cm³/mol. The van der Waals surface area contributed by atoms with Crippen molar-refractivity contribution in [1.82, 2.24) is 0 Å². The predicted octanol–water partition coefficient (Wildman–Crippen LogP) is 9.43. The van der Waals surface area contributed by atoms with Gasteiger partial charge in [0.05, 0.1) is 0 Å². The van der Waals surface area contributed by atoms with E-state index in [2.05, 4.69) is 57.2 Å². The maximum atomic E-state index is 13.2. The molecule has 190 valence electrons. The summed E-state index contributed by atoms with van der Waals surface area (Å²) in [7, 11) is 0. The molecule has 2 nitrogen and oxygen atoms in total. The molecular formula is C31H50O2Sn. The fraction of sp³-hybridized carbons (Fsp3) is 0.710. The Labute approximate surface area is 214 Å². The number of carbonyl (C=O) groups excluding carboxylic acids is 1. The third-order valence-corrected chi connectivity index (χ3v) is 26.4. The van der Waals surface area contributed by atoms with Crippen LogP contribution >= 0.6 is 0 Å². The number of carbonyl (C=O) groups is 1. The first-order valence-corrected chi connectivity index (χ1v) is 21.9. The fourth-order valence-electron chi connectivity index (χ4n) is 6.80. The second-order valence-electron chi connectivity index (χ2n) is 12.2. The minimum atomic E-state index is -2.42. The summed E-state index contributed by atoms with van der Waals surface area (Å²) in [6, 6.07) is 11.1. The van der Waals surface area contributed by atoms with Gasteiger partial charge in [0.15, 0.2) is 0 Å². The SMILES string of the molecule is CCC[CH2][Sn]([CH2]CCC)([CH2]CCC)[CH]1C[C@@]12C[C@H](C(=O)OC(C)(C)C)CC=C2c1ccccc1. The molecule has 2 aliphatic carbocycles. The first-order valence-electron chi connectivity index (χ1n) is 14.2. The van der Waals surface area contributed by atoms with E-state index < -0.39 is 24.0 Å². The quantitative estimate of drug-likeness (QED) is 0.184. The summed E-state index contributed by atoms with van der Waals surface area (Å²) in [5.41, 5.74) is 2.79. The van der Waals surface area contributed by atoms with E-state index in [-0.39, 0.29) is 17.3 Å². The Morgan fingerprint density at radius 1 is 0.941 bits per heavy atom. The summed E-state index contributed by atoms with van der Waals surface area (Å²) in [6.45, 7) is 13.1. The van der Waals surface area contributed by atoms with E-state index in [4.69, 9.17) is 4.74 Å². The van der Waals surface area contributed by atoms with Gasteiger partial charge in [-0.05, 0) is 0 Å². The minimum absolute atomic E-state index is 0.0178. The van der Waals surface area contributed by atoms with Crippen LogP contribution in [0, 0.1) is 11.3 Å². The number of esters is 1. The van der Waals surface area contributed by atoms with Gasteiger partial charge in [-0.15, -0.1) is 0 Å². The van der Waals surface area contributed by atoms with E-state index in [1.54, 1.807) is 18.9 Å². The number of hydrogen-bond donors (Lipinski definition) is 0. The van der Waals surface area contributed by atoms with Crippen molar-refractivity contribution in [3.05, 3.63) is 42.0 Å². The van der Waals surface area contributed by atoms with Crippen LogP contribution in [-0.4, -0.2) is 29.9 Å². The number of ether oxygens (including phenoxy) is 1. The Kier molecular flexibility index (Phi) is 9.80. The second-order valence-corrected chi connectivity index (χ2v) is 26.3. The Bertz CT molecular complexity index is 800. The summed E-state index contributed by atoms with van der Waals surface area (Å²) in [5.74, 6) is 0.0431. The molecule has 0 aliphatic heterocycles. The van der Waals surface area contributed by atoms with Crippen LogP contribution < -0.4 is 0 Å². The molecule has 3 heteroatoms. The Hall–Kier alpha value is -0.771. The Morgan fingerprint density at radius 3 is 2.00 bits per heavy atom. The molecule has 3 atom stereocenters. The average Bonchev–Trinajstić information content (AvgIpc) is 3.52.